The van der Waals surface area contributed by atoms with E-state index in [-0.39, 0.29) is 11.7 Å². The van der Waals surface area contributed by atoms with Gasteiger partial charge < -0.3 is 10.1 Å². The molecule has 5 heteroatoms. The van der Waals surface area contributed by atoms with Crippen LogP contribution >= 0.6 is 0 Å². The van der Waals surface area contributed by atoms with Gasteiger partial charge in [0.05, 0.1) is 12.3 Å². The van der Waals surface area contributed by atoms with Crippen LogP contribution in [0.2, 0.25) is 0 Å². The molecule has 0 aliphatic rings. The molecular formula is C10H12F3NO. The Morgan fingerprint density at radius 1 is 1.20 bits per heavy atom. The zero-order valence-electron chi connectivity index (χ0n) is 8.48. The van der Waals surface area contributed by atoms with E-state index in [1.165, 1.54) is 7.11 Å². The Morgan fingerprint density at radius 2 is 1.80 bits per heavy atom. The van der Waals surface area contributed by atoms with Gasteiger partial charge in [0.25, 0.3) is 0 Å². The Hall–Kier alpha value is -1.23. The maximum atomic E-state index is 13.1. The highest BCUT2D eigenvalue weighted by Crippen LogP contribution is 2.19. The van der Waals surface area contributed by atoms with E-state index in [1.807, 2.05) is 0 Å². The number of hydrogen-bond acceptors (Lipinski definition) is 2. The van der Waals surface area contributed by atoms with Crippen molar-refractivity contribution in [2.24, 2.45) is 0 Å². The van der Waals surface area contributed by atoms with Crippen LogP contribution in [0.1, 0.15) is 6.92 Å². The lowest BCUT2D eigenvalue weighted by atomic mass is 10.2. The molecule has 0 heterocycles. The normalized spacial score (nSPS) is 12.6. The predicted octanol–water partition coefficient (Wildman–Crippen LogP) is 2.55. The van der Waals surface area contributed by atoms with Gasteiger partial charge in [0.15, 0.2) is 11.6 Å². The van der Waals surface area contributed by atoms with E-state index in [9.17, 15) is 13.2 Å². The molecule has 1 unspecified atom stereocenters. The van der Waals surface area contributed by atoms with Gasteiger partial charge in [0, 0.05) is 25.3 Å². The van der Waals surface area contributed by atoms with Gasteiger partial charge in [-0.2, -0.15) is 0 Å². The first-order valence-electron chi connectivity index (χ1n) is 4.44. The van der Waals surface area contributed by atoms with Crippen LogP contribution in [0.15, 0.2) is 12.1 Å². The molecule has 0 bridgehead atoms. The number of benzene rings is 1. The van der Waals surface area contributed by atoms with E-state index < -0.39 is 17.5 Å². The monoisotopic (exact) mass is 219 g/mol. The molecule has 0 spiro atoms. The second kappa shape index (κ2) is 5.02. The van der Waals surface area contributed by atoms with Gasteiger partial charge in [-0.25, -0.2) is 13.2 Å². The molecule has 1 rings (SSSR count). The van der Waals surface area contributed by atoms with Gasteiger partial charge in [-0.05, 0) is 6.92 Å². The summed E-state index contributed by atoms with van der Waals surface area (Å²) in [5.41, 5.74) is -0.0709. The number of rotatable bonds is 4. The Morgan fingerprint density at radius 3 is 2.40 bits per heavy atom. The quantitative estimate of drug-likeness (QED) is 0.786. The van der Waals surface area contributed by atoms with Crippen LogP contribution in [0.25, 0.3) is 0 Å². The third kappa shape index (κ3) is 3.13. The summed E-state index contributed by atoms with van der Waals surface area (Å²) in [6, 6.07) is 1.11. The second-order valence-corrected chi connectivity index (χ2v) is 3.25. The van der Waals surface area contributed by atoms with Crippen molar-refractivity contribution in [1.82, 2.24) is 0 Å². The Labute approximate surface area is 86.1 Å². The highest BCUT2D eigenvalue weighted by atomic mass is 19.2. The average molecular weight is 219 g/mol. The Bertz CT molecular complexity index is 344. The lowest BCUT2D eigenvalue weighted by Gasteiger charge is -2.14. The minimum atomic E-state index is -1.20. The molecule has 84 valence electrons. The summed E-state index contributed by atoms with van der Waals surface area (Å²) in [5, 5.41) is 2.67. The molecule has 0 radical (unpaired) electrons. The number of anilines is 1. The fraction of sp³-hybridized carbons (Fsp3) is 0.400. The second-order valence-electron chi connectivity index (χ2n) is 3.25. The first kappa shape index (κ1) is 11.8. The van der Waals surface area contributed by atoms with Gasteiger partial charge in [-0.1, -0.05) is 0 Å². The van der Waals surface area contributed by atoms with Crippen LogP contribution in [0.5, 0.6) is 0 Å². The lowest BCUT2D eigenvalue weighted by Crippen LogP contribution is -2.21. The van der Waals surface area contributed by atoms with E-state index >= 15 is 0 Å². The summed E-state index contributed by atoms with van der Waals surface area (Å²) < 4.78 is 43.3. The Kier molecular flexibility index (Phi) is 3.96. The zero-order valence-corrected chi connectivity index (χ0v) is 8.48. The molecule has 2 nitrogen and oxygen atoms in total. The van der Waals surface area contributed by atoms with Gasteiger partial charge >= 0.3 is 0 Å². The van der Waals surface area contributed by atoms with E-state index in [4.69, 9.17) is 4.74 Å². The number of methoxy groups -OCH3 is 1. The van der Waals surface area contributed by atoms with Crippen molar-refractivity contribution in [3.05, 3.63) is 29.6 Å². The van der Waals surface area contributed by atoms with Crippen molar-refractivity contribution in [2.45, 2.75) is 13.0 Å². The predicted molar refractivity (Wildman–Crippen MR) is 51.3 cm³/mol. The maximum Gasteiger partial charge on any atom is 0.161 e. The minimum absolute atomic E-state index is 0.0709. The summed E-state index contributed by atoms with van der Waals surface area (Å²) in [6.07, 6.45) is 0. The van der Waals surface area contributed by atoms with E-state index in [0.29, 0.717) is 12.7 Å². The first-order valence-corrected chi connectivity index (χ1v) is 4.44. The van der Waals surface area contributed by atoms with E-state index in [1.54, 1.807) is 6.92 Å². The maximum absolute atomic E-state index is 13.1. The van der Waals surface area contributed by atoms with Gasteiger partial charge in [0.2, 0.25) is 0 Å². The lowest BCUT2D eigenvalue weighted by molar-refractivity contribution is 0.190. The van der Waals surface area contributed by atoms with E-state index in [0.717, 1.165) is 6.07 Å². The number of hydrogen-bond donors (Lipinski definition) is 1. The summed E-state index contributed by atoms with van der Waals surface area (Å²) in [5.74, 6) is -3.10. The third-order valence-electron chi connectivity index (χ3n) is 1.83. The van der Waals surface area contributed by atoms with Gasteiger partial charge in [-0.15, -0.1) is 0 Å². The van der Waals surface area contributed by atoms with Crippen molar-refractivity contribution in [3.8, 4) is 0 Å². The highest BCUT2D eigenvalue weighted by molar-refractivity contribution is 5.45. The molecule has 1 atom stereocenters. The van der Waals surface area contributed by atoms with Crippen LogP contribution < -0.4 is 5.32 Å². The minimum Gasteiger partial charge on any atom is -0.383 e. The van der Waals surface area contributed by atoms with Crippen LogP contribution in [0.3, 0.4) is 0 Å². The summed E-state index contributed by atoms with van der Waals surface area (Å²) in [7, 11) is 1.50. The van der Waals surface area contributed by atoms with Crippen molar-refractivity contribution in [2.75, 3.05) is 19.0 Å². The molecule has 1 N–H and O–H groups in total. The summed E-state index contributed by atoms with van der Waals surface area (Å²) in [4.78, 5) is 0. The molecular weight excluding hydrogens is 207 g/mol. The SMILES string of the molecule is COCC(C)Nc1cc(F)c(F)cc1F. The number of nitrogens with one attached hydrogen (secondary N) is 1. The molecule has 0 aliphatic carbocycles. The number of ether oxygens (including phenoxy) is 1. The molecule has 1 aromatic carbocycles. The highest BCUT2D eigenvalue weighted by Gasteiger charge is 2.11. The van der Waals surface area contributed by atoms with Crippen molar-refractivity contribution < 1.29 is 17.9 Å². The average Bonchev–Trinajstić information content (AvgIpc) is 2.14. The molecule has 0 aromatic heterocycles. The summed E-state index contributed by atoms with van der Waals surface area (Å²) in [6.45, 7) is 2.09. The molecule has 15 heavy (non-hydrogen) atoms. The van der Waals surface area contributed by atoms with Crippen LogP contribution in [0.4, 0.5) is 18.9 Å². The zero-order chi connectivity index (χ0) is 11.4. The standard InChI is InChI=1S/C10H12F3NO/c1-6(5-15-2)14-10-4-8(12)7(11)3-9(10)13/h3-4,6,14H,5H2,1-2H3. The fourth-order valence-corrected chi connectivity index (χ4v) is 1.19. The van der Waals surface area contributed by atoms with Crippen molar-refractivity contribution in [1.29, 1.82) is 0 Å². The number of halogens is 3. The van der Waals surface area contributed by atoms with E-state index in [2.05, 4.69) is 5.32 Å². The molecule has 1 aromatic rings. The van der Waals surface area contributed by atoms with Crippen LogP contribution in [-0.2, 0) is 4.74 Å². The third-order valence-corrected chi connectivity index (χ3v) is 1.83. The van der Waals surface area contributed by atoms with Crippen molar-refractivity contribution >= 4 is 5.69 Å². The summed E-state index contributed by atoms with van der Waals surface area (Å²) >= 11 is 0. The molecule has 0 saturated heterocycles. The fourth-order valence-electron chi connectivity index (χ4n) is 1.19. The Balaban J connectivity index is 2.81. The smallest absolute Gasteiger partial charge is 0.161 e. The molecule has 0 amide bonds. The van der Waals surface area contributed by atoms with Crippen molar-refractivity contribution in [3.63, 3.8) is 0 Å². The van der Waals surface area contributed by atoms with Gasteiger partial charge in [-0.3, -0.25) is 0 Å². The van der Waals surface area contributed by atoms with Gasteiger partial charge in [0.1, 0.15) is 5.82 Å². The molecule has 0 saturated carbocycles. The first-order chi connectivity index (χ1) is 7.04. The topological polar surface area (TPSA) is 21.3 Å². The van der Waals surface area contributed by atoms with Crippen LogP contribution in [-0.4, -0.2) is 19.8 Å². The molecule has 0 fully saturated rings. The largest absolute Gasteiger partial charge is 0.383 e. The molecule has 0 aliphatic heterocycles. The van der Waals surface area contributed by atoms with Crippen LogP contribution in [0, 0.1) is 17.5 Å².